The molecule has 0 radical (unpaired) electrons. The van der Waals surface area contributed by atoms with Gasteiger partial charge < -0.3 is 11.5 Å². The molecule has 46 heavy (non-hydrogen) atoms. The van der Waals surface area contributed by atoms with Gasteiger partial charge in [0.15, 0.2) is 0 Å². The smallest absolute Gasteiger partial charge is 0.340 e. The van der Waals surface area contributed by atoms with Crippen molar-refractivity contribution < 1.29 is 24.0 Å². The highest BCUT2D eigenvalue weighted by Gasteiger charge is 2.39. The Morgan fingerprint density at radius 3 is 2.13 bits per heavy atom. The number of primary amides is 1. The SMILES string of the molecule is NC(=O)n1nc(CN2C(=O)c3ccccc3C2=O)c2cc(-c3cccc4c3C(=O)N(Cc3[nH]nc5ccc(N)cc35)C4=O)ccc21. The lowest BCUT2D eigenvalue weighted by molar-refractivity contribution is 0.0626. The number of nitrogens with two attached hydrogens (primary N) is 2. The summed E-state index contributed by atoms with van der Waals surface area (Å²) in [7, 11) is 0. The minimum atomic E-state index is -0.850. The van der Waals surface area contributed by atoms with E-state index in [0.717, 1.165) is 14.5 Å². The number of anilines is 1. The van der Waals surface area contributed by atoms with Crippen molar-refractivity contribution in [3.63, 3.8) is 0 Å². The molecule has 0 saturated carbocycles. The van der Waals surface area contributed by atoms with Crippen molar-refractivity contribution >= 4 is 57.2 Å². The van der Waals surface area contributed by atoms with Crippen LogP contribution in [0.5, 0.6) is 0 Å². The summed E-state index contributed by atoms with van der Waals surface area (Å²) >= 11 is 0. The number of rotatable bonds is 5. The Morgan fingerprint density at radius 2 is 1.39 bits per heavy atom. The highest BCUT2D eigenvalue weighted by Crippen LogP contribution is 2.36. The Bertz CT molecular complexity index is 2340. The molecule has 4 heterocycles. The van der Waals surface area contributed by atoms with Crippen LogP contribution in [0.4, 0.5) is 10.5 Å². The molecule has 0 bridgehead atoms. The van der Waals surface area contributed by atoms with E-state index in [1.54, 1.807) is 78.9 Å². The number of H-pyrrole nitrogens is 1. The summed E-state index contributed by atoms with van der Waals surface area (Å²) in [6.45, 7) is -0.256. The first-order chi connectivity index (χ1) is 22.2. The number of hydrogen-bond donors (Lipinski definition) is 3. The van der Waals surface area contributed by atoms with E-state index in [-0.39, 0.29) is 41.0 Å². The topological polar surface area (TPSA) is 190 Å². The number of imide groups is 2. The number of hydrogen-bond acceptors (Lipinski definition) is 8. The van der Waals surface area contributed by atoms with Gasteiger partial charge in [0.05, 0.1) is 57.8 Å². The van der Waals surface area contributed by atoms with Crippen molar-refractivity contribution in [2.24, 2.45) is 5.73 Å². The maximum Gasteiger partial charge on any atom is 0.340 e. The number of aromatic amines is 1. The monoisotopic (exact) mass is 610 g/mol. The largest absolute Gasteiger partial charge is 0.399 e. The van der Waals surface area contributed by atoms with Crippen LogP contribution in [0.2, 0.25) is 0 Å². The Morgan fingerprint density at radius 1 is 0.717 bits per heavy atom. The fourth-order valence-electron chi connectivity index (χ4n) is 6.24. The van der Waals surface area contributed by atoms with E-state index < -0.39 is 29.7 Å². The molecule has 0 saturated heterocycles. The summed E-state index contributed by atoms with van der Waals surface area (Å²) < 4.78 is 1.000. The standard InChI is InChI=1S/C33H22N8O5/c34-17-9-10-24-22(13-17)25(37-36-24)14-40-31(44)21-7-3-6-18(28(21)32(40)45)16-8-11-27-23(12-16)26(38-41(27)33(35)46)15-39-29(42)19-4-1-2-5-20(19)30(39)43/h1-13H,14-15,34H2,(H2,35,46)(H,36,37). The quantitative estimate of drug-likeness (QED) is 0.194. The second kappa shape index (κ2) is 9.69. The van der Waals surface area contributed by atoms with Crippen LogP contribution in [0, 0.1) is 0 Å². The van der Waals surface area contributed by atoms with Gasteiger partial charge in [-0.3, -0.25) is 34.1 Å². The summed E-state index contributed by atoms with van der Waals surface area (Å²) in [5.74, 6) is -1.89. The first-order valence-corrected chi connectivity index (χ1v) is 14.2. The molecule has 5 N–H and O–H groups in total. The van der Waals surface area contributed by atoms with E-state index in [1.807, 2.05) is 0 Å². The maximum atomic E-state index is 13.9. The Labute approximate surface area is 259 Å². The number of fused-ring (bicyclic) bond motifs is 4. The number of carbonyl (C=O) groups is 5. The third kappa shape index (κ3) is 3.85. The van der Waals surface area contributed by atoms with Gasteiger partial charge in [0, 0.05) is 16.5 Å². The van der Waals surface area contributed by atoms with Gasteiger partial charge in [-0.05, 0) is 59.7 Å². The Hall–Kier alpha value is -6.63. The molecule has 0 aliphatic carbocycles. The van der Waals surface area contributed by atoms with Gasteiger partial charge in [0.25, 0.3) is 23.6 Å². The molecular weight excluding hydrogens is 588 g/mol. The minimum absolute atomic E-state index is 0.0411. The minimum Gasteiger partial charge on any atom is -0.399 e. The fourth-order valence-corrected chi connectivity index (χ4v) is 6.24. The number of aromatic nitrogens is 4. The zero-order valence-electron chi connectivity index (χ0n) is 23.9. The van der Waals surface area contributed by atoms with E-state index in [9.17, 15) is 24.0 Å². The highest BCUT2D eigenvalue weighted by molar-refractivity contribution is 6.24. The summed E-state index contributed by atoms with van der Waals surface area (Å²) in [6.07, 6.45) is 0. The van der Waals surface area contributed by atoms with Gasteiger partial charge >= 0.3 is 6.03 Å². The fraction of sp³-hybridized carbons (Fsp3) is 0.0606. The van der Waals surface area contributed by atoms with Crippen molar-refractivity contribution in [1.29, 1.82) is 0 Å². The second-order valence-corrected chi connectivity index (χ2v) is 11.1. The van der Waals surface area contributed by atoms with Crippen LogP contribution in [0.15, 0.2) is 78.9 Å². The second-order valence-electron chi connectivity index (χ2n) is 11.1. The van der Waals surface area contributed by atoms with Crippen LogP contribution in [0.3, 0.4) is 0 Å². The summed E-state index contributed by atoms with van der Waals surface area (Å²) in [6, 6.07) is 20.9. The predicted octanol–water partition coefficient (Wildman–Crippen LogP) is 3.68. The molecule has 13 nitrogen and oxygen atoms in total. The molecule has 4 aromatic carbocycles. The van der Waals surface area contributed by atoms with E-state index in [4.69, 9.17) is 11.5 Å². The van der Waals surface area contributed by atoms with Crippen molar-refractivity contribution in [2.45, 2.75) is 13.1 Å². The molecule has 2 aliphatic rings. The molecule has 8 rings (SSSR count). The van der Waals surface area contributed by atoms with Crippen molar-refractivity contribution in [1.82, 2.24) is 29.8 Å². The molecule has 0 spiro atoms. The molecule has 0 atom stereocenters. The lowest BCUT2D eigenvalue weighted by atomic mass is 9.95. The molecule has 2 aromatic heterocycles. The zero-order chi connectivity index (χ0) is 31.9. The molecular formula is C33H22N8O5. The molecule has 2 aliphatic heterocycles. The van der Waals surface area contributed by atoms with E-state index in [1.165, 1.54) is 0 Å². The van der Waals surface area contributed by atoms with E-state index >= 15 is 0 Å². The molecule has 6 aromatic rings. The lowest BCUT2D eigenvalue weighted by Gasteiger charge is -2.13. The van der Waals surface area contributed by atoms with Gasteiger partial charge in [0.2, 0.25) is 0 Å². The van der Waals surface area contributed by atoms with Crippen molar-refractivity contribution in [3.8, 4) is 11.1 Å². The van der Waals surface area contributed by atoms with Crippen molar-refractivity contribution in [2.75, 3.05) is 5.73 Å². The Kier molecular flexibility index (Phi) is 5.68. The first kappa shape index (κ1) is 27.0. The van der Waals surface area contributed by atoms with Crippen LogP contribution in [0.1, 0.15) is 52.8 Å². The maximum absolute atomic E-state index is 13.9. The zero-order valence-corrected chi connectivity index (χ0v) is 23.9. The third-order valence-electron chi connectivity index (χ3n) is 8.43. The number of nitrogens with one attached hydrogen (secondary N) is 1. The van der Waals surface area contributed by atoms with Crippen LogP contribution in [0.25, 0.3) is 32.9 Å². The Balaban J connectivity index is 1.18. The first-order valence-electron chi connectivity index (χ1n) is 14.2. The van der Waals surface area contributed by atoms with Gasteiger partial charge in [0.1, 0.15) is 0 Å². The molecule has 0 fully saturated rings. The molecule has 5 amide bonds. The highest BCUT2D eigenvalue weighted by atomic mass is 16.2. The van der Waals surface area contributed by atoms with Crippen LogP contribution < -0.4 is 11.5 Å². The molecule has 0 unspecified atom stereocenters. The number of nitrogens with zero attached hydrogens (tertiary/aromatic N) is 5. The molecule has 13 heteroatoms. The lowest BCUT2D eigenvalue weighted by Crippen LogP contribution is -2.29. The third-order valence-corrected chi connectivity index (χ3v) is 8.43. The van der Waals surface area contributed by atoms with E-state index in [2.05, 4.69) is 15.3 Å². The number of benzene rings is 4. The van der Waals surface area contributed by atoms with Crippen LogP contribution >= 0.6 is 0 Å². The number of nitrogen functional groups attached to an aromatic ring is 1. The van der Waals surface area contributed by atoms with Crippen molar-refractivity contribution in [3.05, 3.63) is 113 Å². The average molecular weight is 611 g/mol. The van der Waals surface area contributed by atoms with Gasteiger partial charge in [-0.25, -0.2) is 4.79 Å². The molecule has 224 valence electrons. The van der Waals surface area contributed by atoms with Crippen LogP contribution in [-0.4, -0.2) is 59.4 Å². The van der Waals surface area contributed by atoms with E-state index in [0.29, 0.717) is 44.3 Å². The summed E-state index contributed by atoms with van der Waals surface area (Å²) in [5, 5.41) is 12.7. The van der Waals surface area contributed by atoms with Gasteiger partial charge in [-0.15, -0.1) is 0 Å². The normalized spacial score (nSPS) is 14.2. The summed E-state index contributed by atoms with van der Waals surface area (Å²) in [4.78, 5) is 68.1. The predicted molar refractivity (Wildman–Crippen MR) is 166 cm³/mol. The van der Waals surface area contributed by atoms with Gasteiger partial charge in [-0.1, -0.05) is 30.3 Å². The summed E-state index contributed by atoms with van der Waals surface area (Å²) in [5.41, 5.74) is 16.0. The number of carbonyl (C=O) groups excluding carboxylic acids is 5. The average Bonchev–Trinajstić information content (AvgIpc) is 3.76. The van der Waals surface area contributed by atoms with Gasteiger partial charge in [-0.2, -0.15) is 14.9 Å². The van der Waals surface area contributed by atoms with Crippen LogP contribution in [-0.2, 0) is 13.1 Å². The number of amides is 5.